The Kier molecular flexibility index (Phi) is 39.8. The van der Waals surface area contributed by atoms with Crippen LogP contribution in [0.15, 0.2) is 36.5 Å². The van der Waals surface area contributed by atoms with E-state index in [4.69, 9.17) is 24.8 Å². The van der Waals surface area contributed by atoms with E-state index in [1.54, 1.807) is 0 Å². The van der Waals surface area contributed by atoms with Gasteiger partial charge in [-0.05, 0) is 64.2 Å². The van der Waals surface area contributed by atoms with Gasteiger partial charge < -0.3 is 25.2 Å². The first kappa shape index (κ1) is 55.7. The fourth-order valence-corrected chi connectivity index (χ4v) is 6.97. The van der Waals surface area contributed by atoms with E-state index < -0.39 is 51.1 Å². The Bertz CT molecular complexity index is 1130. The predicted molar refractivity (Wildman–Crippen MR) is 235 cm³/mol. The van der Waals surface area contributed by atoms with Crippen LogP contribution in [0.5, 0.6) is 0 Å². The number of esters is 2. The van der Waals surface area contributed by atoms with Gasteiger partial charge in [-0.2, -0.15) is 0 Å². The number of phosphoric acid groups is 1. The van der Waals surface area contributed by atoms with Crippen molar-refractivity contribution in [2.45, 2.75) is 219 Å². The molecular weight excluding hydrogens is 757 g/mol. The Morgan fingerprint density at radius 2 is 0.931 bits per heavy atom. The number of carboxylic acid groups (broad SMARTS) is 1. The lowest BCUT2D eigenvalue weighted by molar-refractivity contribution is -0.161. The van der Waals surface area contributed by atoms with Crippen LogP contribution >= 0.6 is 7.82 Å². The van der Waals surface area contributed by atoms with E-state index in [2.05, 4.69) is 54.8 Å². The van der Waals surface area contributed by atoms with Crippen molar-refractivity contribution in [2.24, 2.45) is 5.73 Å². The van der Waals surface area contributed by atoms with Crippen LogP contribution in [0.3, 0.4) is 0 Å². The van der Waals surface area contributed by atoms with E-state index in [-0.39, 0.29) is 19.4 Å². The number of hydrogen-bond acceptors (Lipinski definition) is 9. The molecule has 0 amide bonds. The number of nitrogens with two attached hydrogens (primary N) is 1. The maximum absolute atomic E-state index is 12.6. The van der Waals surface area contributed by atoms with Gasteiger partial charge in [0.25, 0.3) is 0 Å². The molecule has 0 rings (SSSR count). The predicted octanol–water partition coefficient (Wildman–Crippen LogP) is 12.4. The van der Waals surface area contributed by atoms with Crippen molar-refractivity contribution in [1.29, 1.82) is 0 Å². The van der Waals surface area contributed by atoms with Gasteiger partial charge in [0.05, 0.1) is 13.2 Å². The highest BCUT2D eigenvalue weighted by atomic mass is 31.2. The molecule has 0 aromatic heterocycles. The second-order valence-corrected chi connectivity index (χ2v) is 17.0. The number of aliphatic carboxylic acids is 1. The average molecular weight is 842 g/mol. The summed E-state index contributed by atoms with van der Waals surface area (Å²) in [6, 6.07) is -1.52. The first-order valence-corrected chi connectivity index (χ1v) is 24.5. The quantitative estimate of drug-likeness (QED) is 0.0231. The standard InChI is InChI=1S/C46H84NO10P/c1-3-5-7-9-11-13-15-16-17-18-19-20-21-22-23-24-25-26-28-30-32-34-36-38-45(49)57-42(40-55-58(52,53)56-41-43(47)46(50)51)39-54-44(48)37-35-33-31-29-27-14-12-10-8-6-4-2/h10,12,15-16,18-19,42-43H,3-9,11,13-14,17,20-41,47H2,1-2H3,(H,50,51)(H,52,53)/b12-10-,16-15-,19-18-. The second-order valence-electron chi connectivity index (χ2n) is 15.5. The molecule has 0 heterocycles. The molecule has 0 radical (unpaired) electrons. The molecule has 0 spiro atoms. The zero-order valence-electron chi connectivity index (χ0n) is 36.6. The smallest absolute Gasteiger partial charge is 0.472 e. The van der Waals surface area contributed by atoms with Crippen LogP contribution in [-0.2, 0) is 37.5 Å². The molecule has 0 saturated heterocycles. The second kappa shape index (κ2) is 41.4. The maximum Gasteiger partial charge on any atom is 0.472 e. The molecule has 11 nitrogen and oxygen atoms in total. The van der Waals surface area contributed by atoms with E-state index in [1.807, 2.05) is 0 Å². The Labute approximate surface area is 353 Å². The normalized spacial score (nSPS) is 14.0. The van der Waals surface area contributed by atoms with Gasteiger partial charge in [-0.1, -0.05) is 166 Å². The SMILES string of the molecule is CCCC/C=C\CCCCCCCC(=O)OCC(COP(=O)(O)OCC(N)C(=O)O)OC(=O)CCCCCCCCCCCCC/C=C\C/C=C\CCCCCCC. The third-order valence-electron chi connectivity index (χ3n) is 9.86. The van der Waals surface area contributed by atoms with Gasteiger partial charge >= 0.3 is 25.7 Å². The average Bonchev–Trinajstić information content (AvgIpc) is 3.20. The number of phosphoric ester groups is 1. The highest BCUT2D eigenvalue weighted by Crippen LogP contribution is 2.43. The summed E-state index contributed by atoms with van der Waals surface area (Å²) in [5.74, 6) is -2.39. The van der Waals surface area contributed by atoms with Crippen molar-refractivity contribution in [1.82, 2.24) is 0 Å². The maximum atomic E-state index is 12.6. The van der Waals surface area contributed by atoms with Crippen LogP contribution in [0, 0.1) is 0 Å². The molecule has 0 bridgehead atoms. The first-order chi connectivity index (χ1) is 28.1. The Morgan fingerprint density at radius 1 is 0.534 bits per heavy atom. The minimum absolute atomic E-state index is 0.158. The Morgan fingerprint density at radius 3 is 1.41 bits per heavy atom. The number of unbranched alkanes of at least 4 members (excludes halogenated alkanes) is 23. The molecule has 0 aromatic rings. The number of allylic oxidation sites excluding steroid dienone is 6. The van der Waals surface area contributed by atoms with E-state index in [0.717, 1.165) is 64.2 Å². The Hall–Kier alpha value is -2.30. The number of hydrogen-bond donors (Lipinski definition) is 3. The molecule has 0 aromatic carbocycles. The highest BCUT2D eigenvalue weighted by Gasteiger charge is 2.28. The number of ether oxygens (including phenoxy) is 2. The van der Waals surface area contributed by atoms with E-state index in [9.17, 15) is 23.8 Å². The zero-order chi connectivity index (χ0) is 42.8. The number of rotatable bonds is 43. The van der Waals surface area contributed by atoms with Gasteiger partial charge in [0.2, 0.25) is 0 Å². The molecule has 3 atom stereocenters. The topological polar surface area (TPSA) is 172 Å². The summed E-state index contributed by atoms with van der Waals surface area (Å²) in [6.45, 7) is 2.75. The fraction of sp³-hybridized carbons (Fsp3) is 0.804. The summed E-state index contributed by atoms with van der Waals surface area (Å²) in [4.78, 5) is 45.9. The minimum atomic E-state index is -4.72. The molecule has 0 aliphatic heterocycles. The summed E-state index contributed by atoms with van der Waals surface area (Å²) in [6.07, 6.45) is 45.0. The van der Waals surface area contributed by atoms with E-state index in [0.29, 0.717) is 12.8 Å². The summed E-state index contributed by atoms with van der Waals surface area (Å²) in [5, 5.41) is 8.89. The zero-order valence-corrected chi connectivity index (χ0v) is 37.5. The lowest BCUT2D eigenvalue weighted by Gasteiger charge is -2.20. The molecular formula is C46H84NO10P. The lowest BCUT2D eigenvalue weighted by Crippen LogP contribution is -2.34. The monoisotopic (exact) mass is 842 g/mol. The highest BCUT2D eigenvalue weighted by molar-refractivity contribution is 7.47. The molecule has 4 N–H and O–H groups in total. The van der Waals surface area contributed by atoms with Crippen LogP contribution in [0.2, 0.25) is 0 Å². The third kappa shape index (κ3) is 40.5. The number of carbonyl (C=O) groups excluding carboxylic acids is 2. The summed E-state index contributed by atoms with van der Waals surface area (Å²) >= 11 is 0. The van der Waals surface area contributed by atoms with Gasteiger partial charge in [0, 0.05) is 12.8 Å². The lowest BCUT2D eigenvalue weighted by atomic mass is 10.0. The van der Waals surface area contributed by atoms with Gasteiger partial charge in [-0.15, -0.1) is 0 Å². The van der Waals surface area contributed by atoms with Gasteiger partial charge in [0.1, 0.15) is 12.6 Å². The molecule has 0 aliphatic rings. The van der Waals surface area contributed by atoms with Gasteiger partial charge in [-0.25, -0.2) is 4.57 Å². The first-order valence-electron chi connectivity index (χ1n) is 23.0. The summed E-state index contributed by atoms with van der Waals surface area (Å²) in [5.41, 5.74) is 5.33. The van der Waals surface area contributed by atoms with Crippen LogP contribution in [-0.4, -0.2) is 59.9 Å². The molecule has 0 fully saturated rings. The number of carbonyl (C=O) groups is 3. The van der Waals surface area contributed by atoms with E-state index >= 15 is 0 Å². The van der Waals surface area contributed by atoms with Crippen LogP contribution in [0.25, 0.3) is 0 Å². The molecule has 0 aliphatic carbocycles. The largest absolute Gasteiger partial charge is 0.480 e. The summed E-state index contributed by atoms with van der Waals surface area (Å²) < 4.78 is 32.7. The van der Waals surface area contributed by atoms with Crippen molar-refractivity contribution >= 4 is 25.7 Å². The Balaban J connectivity index is 4.24. The van der Waals surface area contributed by atoms with Crippen molar-refractivity contribution < 1.29 is 47.5 Å². The van der Waals surface area contributed by atoms with Crippen molar-refractivity contribution in [2.75, 3.05) is 19.8 Å². The van der Waals surface area contributed by atoms with Crippen molar-refractivity contribution in [3.63, 3.8) is 0 Å². The fourth-order valence-electron chi connectivity index (χ4n) is 6.19. The van der Waals surface area contributed by atoms with Gasteiger partial charge in [0.15, 0.2) is 6.10 Å². The molecule has 0 saturated carbocycles. The summed E-state index contributed by atoms with van der Waals surface area (Å²) in [7, 11) is -4.72. The molecule has 3 unspecified atom stereocenters. The van der Waals surface area contributed by atoms with E-state index in [1.165, 1.54) is 103 Å². The third-order valence-corrected chi connectivity index (χ3v) is 10.8. The molecule has 12 heteroatoms. The van der Waals surface area contributed by atoms with Gasteiger partial charge in [-0.3, -0.25) is 23.4 Å². The number of carboxylic acids is 1. The molecule has 338 valence electrons. The minimum Gasteiger partial charge on any atom is -0.480 e. The molecule has 58 heavy (non-hydrogen) atoms. The van der Waals surface area contributed by atoms with Crippen molar-refractivity contribution in [3.8, 4) is 0 Å². The van der Waals surface area contributed by atoms with Crippen LogP contribution in [0.4, 0.5) is 0 Å². The van der Waals surface area contributed by atoms with Crippen LogP contribution < -0.4 is 5.73 Å². The van der Waals surface area contributed by atoms with Crippen molar-refractivity contribution in [3.05, 3.63) is 36.5 Å². The van der Waals surface area contributed by atoms with Crippen LogP contribution in [0.1, 0.15) is 206 Å².